The van der Waals surface area contributed by atoms with Crippen molar-refractivity contribution in [2.24, 2.45) is 0 Å². The minimum atomic E-state index is -0.0926. The summed E-state index contributed by atoms with van der Waals surface area (Å²) < 4.78 is 11.9. The van der Waals surface area contributed by atoms with Crippen LogP contribution in [-0.4, -0.2) is 34.0 Å². The maximum atomic E-state index is 12.1. The minimum absolute atomic E-state index is 0.0926. The number of hydrogen-bond acceptors (Lipinski definition) is 8. The first-order valence-electron chi connectivity index (χ1n) is 9.39. The van der Waals surface area contributed by atoms with Gasteiger partial charge in [-0.05, 0) is 29.8 Å². The molecule has 4 aromatic rings. The molecule has 2 heterocycles. The van der Waals surface area contributed by atoms with Gasteiger partial charge in [0.25, 0.3) is 5.22 Å². The van der Waals surface area contributed by atoms with E-state index in [1.807, 2.05) is 42.5 Å². The van der Waals surface area contributed by atoms with Gasteiger partial charge < -0.3 is 14.5 Å². The summed E-state index contributed by atoms with van der Waals surface area (Å²) in [5.74, 6) is 1.46. The summed E-state index contributed by atoms with van der Waals surface area (Å²) in [6.45, 7) is 0.459. The Morgan fingerprint density at radius 3 is 2.77 bits per heavy atom. The predicted octanol–water partition coefficient (Wildman–Crippen LogP) is 3.88. The molecular formula is C21H20N4O3S2. The maximum absolute atomic E-state index is 12.1. The lowest BCUT2D eigenvalue weighted by atomic mass is 10.2. The molecule has 1 amide bonds. The molecule has 9 heteroatoms. The van der Waals surface area contributed by atoms with E-state index in [1.165, 1.54) is 16.5 Å². The zero-order valence-electron chi connectivity index (χ0n) is 16.3. The molecule has 0 saturated heterocycles. The Balaban J connectivity index is 1.21. The van der Waals surface area contributed by atoms with E-state index in [4.69, 9.17) is 9.15 Å². The van der Waals surface area contributed by atoms with E-state index < -0.39 is 0 Å². The number of carbonyl (C=O) groups excluding carboxylic acids is 1. The Kier molecular flexibility index (Phi) is 6.60. The van der Waals surface area contributed by atoms with Crippen LogP contribution in [0.3, 0.4) is 0 Å². The third-order valence-corrected chi connectivity index (χ3v) is 6.23. The lowest BCUT2D eigenvalue weighted by molar-refractivity contribution is -0.118. The molecule has 0 radical (unpaired) electrons. The lowest BCUT2D eigenvalue weighted by Crippen LogP contribution is -2.24. The number of para-hydroxylation sites is 1. The molecule has 30 heavy (non-hydrogen) atoms. The smallest absolute Gasteiger partial charge is 0.277 e. The van der Waals surface area contributed by atoms with Gasteiger partial charge >= 0.3 is 0 Å². The number of rotatable bonds is 9. The normalized spacial score (nSPS) is 11.0. The fourth-order valence-corrected chi connectivity index (χ4v) is 4.34. The largest absolute Gasteiger partial charge is 0.497 e. The van der Waals surface area contributed by atoms with Crippen molar-refractivity contribution in [1.29, 1.82) is 0 Å². The number of carbonyl (C=O) groups is 1. The summed E-state index contributed by atoms with van der Waals surface area (Å²) in [5.41, 5.74) is 2.02. The average Bonchev–Trinajstić information content (AvgIpc) is 3.41. The fraction of sp³-hybridized carbons (Fsp3) is 0.238. The van der Waals surface area contributed by atoms with E-state index in [9.17, 15) is 4.79 Å². The molecule has 0 saturated carbocycles. The highest BCUT2D eigenvalue weighted by Gasteiger charge is 2.11. The number of nitrogens with one attached hydrogen (secondary N) is 1. The topological polar surface area (TPSA) is 90.1 Å². The summed E-state index contributed by atoms with van der Waals surface area (Å²) in [6.07, 6.45) is 1.37. The number of benzene rings is 2. The number of aryl methyl sites for hydroxylation is 2. The van der Waals surface area contributed by atoms with Crippen LogP contribution in [0, 0.1) is 0 Å². The molecule has 2 aromatic heterocycles. The maximum Gasteiger partial charge on any atom is 0.277 e. The Hall–Kier alpha value is -2.91. The van der Waals surface area contributed by atoms with Crippen molar-refractivity contribution < 1.29 is 13.9 Å². The molecule has 1 N–H and O–H groups in total. The highest BCUT2D eigenvalue weighted by atomic mass is 32.2. The van der Waals surface area contributed by atoms with Gasteiger partial charge in [-0.25, -0.2) is 4.98 Å². The van der Waals surface area contributed by atoms with Gasteiger partial charge in [-0.1, -0.05) is 36.0 Å². The summed E-state index contributed by atoms with van der Waals surface area (Å²) in [7, 11) is 1.62. The molecule has 0 aliphatic carbocycles. The standard InChI is InChI=1S/C21H20N4O3S2/c1-27-15-8-6-14(7-9-15)12-22-18(26)13-29-21-25-24-19(28-21)10-11-20-23-16-4-2-3-5-17(16)30-20/h2-9H,10-13H2,1H3,(H,22,26). The van der Waals surface area contributed by atoms with E-state index in [0.29, 0.717) is 24.1 Å². The van der Waals surface area contributed by atoms with Gasteiger partial charge in [-0.15, -0.1) is 21.5 Å². The Morgan fingerprint density at radius 1 is 1.13 bits per heavy atom. The molecule has 154 valence electrons. The Bertz CT molecular complexity index is 1090. The van der Waals surface area contributed by atoms with Crippen LogP contribution >= 0.6 is 23.1 Å². The van der Waals surface area contributed by atoms with E-state index in [0.717, 1.165) is 28.3 Å². The lowest BCUT2D eigenvalue weighted by Gasteiger charge is -2.05. The second-order valence-electron chi connectivity index (χ2n) is 6.45. The van der Waals surface area contributed by atoms with E-state index in [1.54, 1.807) is 18.4 Å². The van der Waals surface area contributed by atoms with Crippen molar-refractivity contribution in [2.75, 3.05) is 12.9 Å². The summed E-state index contributed by atoms with van der Waals surface area (Å²) in [6, 6.07) is 15.6. The van der Waals surface area contributed by atoms with Crippen LogP contribution in [0.15, 0.2) is 58.2 Å². The zero-order valence-corrected chi connectivity index (χ0v) is 18.0. The van der Waals surface area contributed by atoms with Gasteiger partial charge in [-0.3, -0.25) is 4.79 Å². The predicted molar refractivity (Wildman–Crippen MR) is 117 cm³/mol. The summed E-state index contributed by atoms with van der Waals surface area (Å²) >= 11 is 2.91. The van der Waals surface area contributed by atoms with E-state index in [2.05, 4.69) is 26.6 Å². The average molecular weight is 441 g/mol. The number of thioether (sulfide) groups is 1. The third-order valence-electron chi connectivity index (χ3n) is 4.31. The SMILES string of the molecule is COc1ccc(CNC(=O)CSc2nnc(CCc3nc4ccccc4s3)o2)cc1. The van der Waals surface area contributed by atoms with Crippen molar-refractivity contribution >= 4 is 39.2 Å². The van der Waals surface area contributed by atoms with Gasteiger partial charge in [0, 0.05) is 19.4 Å². The van der Waals surface area contributed by atoms with Crippen molar-refractivity contribution in [3.05, 3.63) is 65.0 Å². The first kappa shape index (κ1) is 20.4. The second-order valence-corrected chi connectivity index (χ2v) is 8.49. The minimum Gasteiger partial charge on any atom is -0.497 e. The molecule has 0 fully saturated rings. The van der Waals surface area contributed by atoms with Gasteiger partial charge in [0.2, 0.25) is 11.8 Å². The molecule has 2 aromatic carbocycles. The van der Waals surface area contributed by atoms with Gasteiger partial charge in [0.05, 0.1) is 28.1 Å². The first-order chi connectivity index (χ1) is 14.7. The van der Waals surface area contributed by atoms with E-state index in [-0.39, 0.29) is 11.7 Å². The number of thiazole rings is 1. The second kappa shape index (κ2) is 9.73. The molecule has 0 unspecified atom stereocenters. The van der Waals surface area contributed by atoms with Crippen LogP contribution in [0.1, 0.15) is 16.5 Å². The number of fused-ring (bicyclic) bond motifs is 1. The van der Waals surface area contributed by atoms with Crippen molar-refractivity contribution in [3.8, 4) is 5.75 Å². The quantitative estimate of drug-likeness (QED) is 0.395. The molecule has 0 aliphatic heterocycles. The molecule has 0 spiro atoms. The molecule has 0 bridgehead atoms. The highest BCUT2D eigenvalue weighted by Crippen LogP contribution is 2.23. The fourth-order valence-electron chi connectivity index (χ4n) is 2.76. The Labute approximate surface area is 181 Å². The Morgan fingerprint density at radius 2 is 1.97 bits per heavy atom. The summed E-state index contributed by atoms with van der Waals surface area (Å²) in [4.78, 5) is 16.7. The van der Waals surface area contributed by atoms with E-state index >= 15 is 0 Å². The van der Waals surface area contributed by atoms with Gasteiger partial charge in [0.15, 0.2) is 0 Å². The van der Waals surface area contributed by atoms with Crippen molar-refractivity contribution in [2.45, 2.75) is 24.6 Å². The molecule has 7 nitrogen and oxygen atoms in total. The zero-order chi connectivity index (χ0) is 20.8. The van der Waals surface area contributed by atoms with Crippen molar-refractivity contribution in [1.82, 2.24) is 20.5 Å². The first-order valence-corrected chi connectivity index (χ1v) is 11.2. The third kappa shape index (κ3) is 5.37. The number of amides is 1. The molecule has 4 rings (SSSR count). The van der Waals surface area contributed by atoms with Crippen molar-refractivity contribution in [3.63, 3.8) is 0 Å². The van der Waals surface area contributed by atoms with Crippen LogP contribution < -0.4 is 10.1 Å². The molecule has 0 aliphatic rings. The number of nitrogens with zero attached hydrogens (tertiary/aromatic N) is 3. The van der Waals surface area contributed by atoms with Crippen LogP contribution in [-0.2, 0) is 24.2 Å². The van der Waals surface area contributed by atoms with Crippen LogP contribution in [0.2, 0.25) is 0 Å². The van der Waals surface area contributed by atoms with Gasteiger partial charge in [-0.2, -0.15) is 0 Å². The monoisotopic (exact) mass is 440 g/mol. The number of methoxy groups -OCH3 is 1. The summed E-state index contributed by atoms with van der Waals surface area (Å²) in [5, 5.41) is 12.4. The number of ether oxygens (including phenoxy) is 1. The molecule has 0 atom stereocenters. The number of hydrogen-bond donors (Lipinski definition) is 1. The van der Waals surface area contributed by atoms with Crippen LogP contribution in [0.4, 0.5) is 0 Å². The van der Waals surface area contributed by atoms with Crippen LogP contribution in [0.5, 0.6) is 5.75 Å². The van der Waals surface area contributed by atoms with Gasteiger partial charge in [0.1, 0.15) is 5.75 Å². The molecular weight excluding hydrogens is 420 g/mol. The van der Waals surface area contributed by atoms with Crippen LogP contribution in [0.25, 0.3) is 10.2 Å². The highest BCUT2D eigenvalue weighted by molar-refractivity contribution is 7.99. The number of aromatic nitrogens is 3.